The highest BCUT2D eigenvalue weighted by atomic mass is 32.2. The lowest BCUT2D eigenvalue weighted by atomic mass is 10.1. The summed E-state index contributed by atoms with van der Waals surface area (Å²) in [5.41, 5.74) is 2.93. The van der Waals surface area contributed by atoms with Gasteiger partial charge in [-0.2, -0.15) is 0 Å². The van der Waals surface area contributed by atoms with Gasteiger partial charge < -0.3 is 10.1 Å². The van der Waals surface area contributed by atoms with Gasteiger partial charge in [-0.05, 0) is 37.1 Å². The number of nitrogens with zero attached hydrogens (tertiary/aromatic N) is 1. The molecule has 0 aromatic heterocycles. The van der Waals surface area contributed by atoms with Crippen LogP contribution in [0.5, 0.6) is 5.75 Å². The van der Waals surface area contributed by atoms with E-state index in [0.29, 0.717) is 17.1 Å². The zero-order valence-electron chi connectivity index (χ0n) is 15.4. The van der Waals surface area contributed by atoms with E-state index in [0.717, 1.165) is 17.4 Å². The third kappa shape index (κ3) is 4.98. The summed E-state index contributed by atoms with van der Waals surface area (Å²) in [4.78, 5) is 12.3. The summed E-state index contributed by atoms with van der Waals surface area (Å²) in [7, 11) is -1.96. The number of hydrogen-bond donors (Lipinski definition) is 1. The number of benzene rings is 2. The molecule has 7 heteroatoms. The number of hydrogen-bond acceptors (Lipinski definition) is 4. The number of amides is 1. The van der Waals surface area contributed by atoms with Crippen molar-refractivity contribution in [3.05, 3.63) is 53.6 Å². The SMILES string of the molecule is COc1cccc(NC(=O)CCN(c2c(C)cccc2C)S(C)(=O)=O)c1. The fourth-order valence-corrected chi connectivity index (χ4v) is 3.81. The van der Waals surface area contributed by atoms with Gasteiger partial charge in [0.05, 0.1) is 19.1 Å². The van der Waals surface area contributed by atoms with E-state index in [1.165, 1.54) is 4.31 Å². The zero-order valence-corrected chi connectivity index (χ0v) is 16.3. The lowest BCUT2D eigenvalue weighted by Crippen LogP contribution is -2.34. The molecule has 2 rings (SSSR count). The van der Waals surface area contributed by atoms with Crippen molar-refractivity contribution < 1.29 is 17.9 Å². The predicted molar refractivity (Wildman–Crippen MR) is 104 cm³/mol. The Bertz CT molecular complexity index is 874. The van der Waals surface area contributed by atoms with Crippen LogP contribution in [-0.4, -0.2) is 34.2 Å². The van der Waals surface area contributed by atoms with E-state index in [2.05, 4.69) is 5.32 Å². The number of para-hydroxylation sites is 1. The van der Waals surface area contributed by atoms with Gasteiger partial charge in [-0.25, -0.2) is 8.42 Å². The van der Waals surface area contributed by atoms with Crippen molar-refractivity contribution in [2.24, 2.45) is 0 Å². The number of carbonyl (C=O) groups is 1. The number of ether oxygens (including phenoxy) is 1. The minimum atomic E-state index is -3.51. The van der Waals surface area contributed by atoms with Gasteiger partial charge in [0.2, 0.25) is 15.9 Å². The van der Waals surface area contributed by atoms with Crippen LogP contribution >= 0.6 is 0 Å². The highest BCUT2D eigenvalue weighted by Crippen LogP contribution is 2.27. The Kier molecular flexibility index (Phi) is 6.26. The first kappa shape index (κ1) is 19.8. The average molecular weight is 376 g/mol. The van der Waals surface area contributed by atoms with Crippen molar-refractivity contribution in [2.75, 3.05) is 29.5 Å². The van der Waals surface area contributed by atoms with Gasteiger partial charge in [0.15, 0.2) is 0 Å². The van der Waals surface area contributed by atoms with Crippen LogP contribution in [-0.2, 0) is 14.8 Å². The van der Waals surface area contributed by atoms with Crippen LogP contribution in [0.2, 0.25) is 0 Å². The molecule has 0 spiro atoms. The molecular formula is C19H24N2O4S. The number of anilines is 2. The number of aryl methyl sites for hydroxylation is 2. The molecule has 0 heterocycles. The lowest BCUT2D eigenvalue weighted by molar-refractivity contribution is -0.116. The Morgan fingerprint density at radius 1 is 1.12 bits per heavy atom. The number of rotatable bonds is 7. The summed E-state index contributed by atoms with van der Waals surface area (Å²) >= 11 is 0. The third-order valence-electron chi connectivity index (χ3n) is 3.98. The second kappa shape index (κ2) is 8.23. The molecule has 0 saturated carbocycles. The lowest BCUT2D eigenvalue weighted by Gasteiger charge is -2.25. The minimum Gasteiger partial charge on any atom is -0.497 e. The summed E-state index contributed by atoms with van der Waals surface area (Å²) < 4.78 is 31.0. The van der Waals surface area contributed by atoms with Gasteiger partial charge >= 0.3 is 0 Å². The van der Waals surface area contributed by atoms with E-state index in [1.807, 2.05) is 32.0 Å². The molecule has 140 valence electrons. The van der Waals surface area contributed by atoms with E-state index in [9.17, 15) is 13.2 Å². The van der Waals surface area contributed by atoms with Gasteiger partial charge in [-0.1, -0.05) is 24.3 Å². The van der Waals surface area contributed by atoms with E-state index < -0.39 is 10.0 Å². The summed E-state index contributed by atoms with van der Waals surface area (Å²) in [6.07, 6.45) is 1.19. The van der Waals surface area contributed by atoms with Crippen LogP contribution in [0.25, 0.3) is 0 Å². The van der Waals surface area contributed by atoms with Crippen LogP contribution in [0.4, 0.5) is 11.4 Å². The molecule has 1 N–H and O–H groups in total. The second-order valence-electron chi connectivity index (χ2n) is 6.11. The summed E-state index contributed by atoms with van der Waals surface area (Å²) in [6, 6.07) is 12.6. The van der Waals surface area contributed by atoms with Gasteiger partial charge in [0, 0.05) is 24.7 Å². The van der Waals surface area contributed by atoms with Crippen LogP contribution in [0.3, 0.4) is 0 Å². The van der Waals surface area contributed by atoms with Crippen molar-refractivity contribution in [3.8, 4) is 5.75 Å². The molecule has 0 aliphatic heterocycles. The predicted octanol–water partition coefficient (Wildman–Crippen LogP) is 3.11. The Labute approximate surface area is 154 Å². The first-order valence-corrected chi connectivity index (χ1v) is 10.0. The standard InChI is InChI=1S/C19H24N2O4S/c1-14-7-5-8-15(2)19(14)21(26(4,23)24)12-11-18(22)20-16-9-6-10-17(13-16)25-3/h5-10,13H,11-12H2,1-4H3,(H,20,22). The zero-order chi connectivity index (χ0) is 19.3. The smallest absolute Gasteiger partial charge is 0.232 e. The molecular weight excluding hydrogens is 352 g/mol. The van der Waals surface area contributed by atoms with Gasteiger partial charge in [-0.15, -0.1) is 0 Å². The molecule has 2 aromatic rings. The number of nitrogens with one attached hydrogen (secondary N) is 1. The Morgan fingerprint density at radius 3 is 2.31 bits per heavy atom. The summed E-state index contributed by atoms with van der Waals surface area (Å²) in [6.45, 7) is 3.79. The molecule has 0 aliphatic carbocycles. The molecule has 0 saturated heterocycles. The Morgan fingerprint density at radius 2 is 1.73 bits per heavy atom. The molecule has 1 amide bonds. The van der Waals surface area contributed by atoms with E-state index in [-0.39, 0.29) is 18.9 Å². The van der Waals surface area contributed by atoms with Crippen molar-refractivity contribution >= 4 is 27.3 Å². The minimum absolute atomic E-state index is 0.0397. The maximum Gasteiger partial charge on any atom is 0.232 e. The second-order valence-corrected chi connectivity index (χ2v) is 8.01. The Balaban J connectivity index is 2.14. The third-order valence-corrected chi connectivity index (χ3v) is 5.15. The molecule has 0 atom stereocenters. The number of methoxy groups -OCH3 is 1. The van der Waals surface area contributed by atoms with E-state index >= 15 is 0 Å². The number of sulfonamides is 1. The normalized spacial score (nSPS) is 11.1. The maximum atomic E-state index is 12.3. The van der Waals surface area contributed by atoms with Crippen LogP contribution in [0.1, 0.15) is 17.5 Å². The fraction of sp³-hybridized carbons (Fsp3) is 0.316. The fourth-order valence-electron chi connectivity index (χ4n) is 2.77. The van der Waals surface area contributed by atoms with Crippen molar-refractivity contribution in [1.82, 2.24) is 0 Å². The molecule has 2 aromatic carbocycles. The molecule has 0 radical (unpaired) electrons. The molecule has 6 nitrogen and oxygen atoms in total. The molecule has 0 aliphatic rings. The van der Waals surface area contributed by atoms with Crippen molar-refractivity contribution in [2.45, 2.75) is 20.3 Å². The average Bonchev–Trinajstić information content (AvgIpc) is 2.56. The van der Waals surface area contributed by atoms with Crippen LogP contribution < -0.4 is 14.4 Å². The maximum absolute atomic E-state index is 12.3. The largest absolute Gasteiger partial charge is 0.497 e. The summed E-state index contributed by atoms with van der Waals surface area (Å²) in [5.74, 6) is 0.370. The Hall–Kier alpha value is -2.54. The molecule has 0 bridgehead atoms. The van der Waals surface area contributed by atoms with Gasteiger partial charge in [0.1, 0.15) is 5.75 Å². The van der Waals surface area contributed by atoms with Crippen LogP contribution in [0, 0.1) is 13.8 Å². The highest BCUT2D eigenvalue weighted by Gasteiger charge is 2.21. The molecule has 26 heavy (non-hydrogen) atoms. The van der Waals surface area contributed by atoms with Gasteiger partial charge in [-0.3, -0.25) is 9.10 Å². The van der Waals surface area contributed by atoms with Crippen LogP contribution in [0.15, 0.2) is 42.5 Å². The molecule has 0 unspecified atom stereocenters. The first-order valence-electron chi connectivity index (χ1n) is 8.20. The summed E-state index contributed by atoms with van der Waals surface area (Å²) in [5, 5.41) is 2.76. The van der Waals surface area contributed by atoms with E-state index in [1.54, 1.807) is 31.4 Å². The highest BCUT2D eigenvalue weighted by molar-refractivity contribution is 7.92. The van der Waals surface area contributed by atoms with Gasteiger partial charge in [0.25, 0.3) is 0 Å². The number of carbonyl (C=O) groups excluding carboxylic acids is 1. The molecule has 0 fully saturated rings. The topological polar surface area (TPSA) is 75.7 Å². The first-order chi connectivity index (χ1) is 12.2. The van der Waals surface area contributed by atoms with Crippen molar-refractivity contribution in [1.29, 1.82) is 0 Å². The van der Waals surface area contributed by atoms with Crippen molar-refractivity contribution in [3.63, 3.8) is 0 Å². The van der Waals surface area contributed by atoms with E-state index in [4.69, 9.17) is 4.74 Å². The monoisotopic (exact) mass is 376 g/mol. The quantitative estimate of drug-likeness (QED) is 0.806.